The van der Waals surface area contributed by atoms with Gasteiger partial charge in [0.25, 0.3) is 0 Å². The van der Waals surface area contributed by atoms with E-state index in [1.807, 2.05) is 0 Å². The van der Waals surface area contributed by atoms with E-state index in [1.165, 1.54) is 25.7 Å². The van der Waals surface area contributed by atoms with Gasteiger partial charge in [0.1, 0.15) is 0 Å². The van der Waals surface area contributed by atoms with Crippen LogP contribution in [0.4, 0.5) is 0 Å². The van der Waals surface area contributed by atoms with Crippen molar-refractivity contribution in [2.75, 3.05) is 13.1 Å². The van der Waals surface area contributed by atoms with E-state index in [-0.39, 0.29) is 5.56 Å². The van der Waals surface area contributed by atoms with Crippen molar-refractivity contribution < 1.29 is 9.90 Å². The van der Waals surface area contributed by atoms with Crippen LogP contribution in [0.5, 0.6) is 0 Å². The summed E-state index contributed by atoms with van der Waals surface area (Å²) < 4.78 is 1.79. The zero-order valence-corrected chi connectivity index (χ0v) is 11.3. The van der Waals surface area contributed by atoms with Crippen molar-refractivity contribution in [3.05, 3.63) is 29.7 Å². The first kappa shape index (κ1) is 13.1. The molecule has 0 atom stereocenters. The molecule has 0 unspecified atom stereocenters. The van der Waals surface area contributed by atoms with Crippen LogP contribution in [0.15, 0.2) is 18.3 Å². The van der Waals surface area contributed by atoms with Crippen molar-refractivity contribution in [2.45, 2.75) is 32.2 Å². The van der Waals surface area contributed by atoms with Crippen LogP contribution in [0.3, 0.4) is 0 Å². The van der Waals surface area contributed by atoms with E-state index in [4.69, 9.17) is 5.11 Å². The van der Waals surface area contributed by atoms with Gasteiger partial charge in [-0.1, -0.05) is 12.8 Å². The fourth-order valence-electron chi connectivity index (χ4n) is 2.67. The second-order valence-electron chi connectivity index (χ2n) is 5.26. The van der Waals surface area contributed by atoms with E-state index < -0.39 is 5.97 Å². The number of carboxylic acid groups (broad SMARTS) is 1. The Bertz CT molecular complexity index is 615. The topological polar surface area (TPSA) is 70.7 Å². The number of likely N-dealkylation sites (tertiary alicyclic amines) is 1. The van der Waals surface area contributed by atoms with Gasteiger partial charge in [0.05, 0.1) is 12.1 Å². The van der Waals surface area contributed by atoms with Crippen LogP contribution in [-0.2, 0) is 6.54 Å². The number of fused-ring (bicyclic) bond motifs is 1. The van der Waals surface area contributed by atoms with Crippen LogP contribution in [0.1, 0.15) is 41.9 Å². The lowest BCUT2D eigenvalue weighted by molar-refractivity contribution is 0.0696. The Morgan fingerprint density at radius 1 is 1.15 bits per heavy atom. The summed E-state index contributed by atoms with van der Waals surface area (Å²) in [6, 6.07) is 3.25. The number of aromatic nitrogens is 3. The summed E-state index contributed by atoms with van der Waals surface area (Å²) in [5.74, 6) is -0.119. The third-order valence-corrected chi connectivity index (χ3v) is 3.78. The predicted molar refractivity (Wildman–Crippen MR) is 73.7 cm³/mol. The van der Waals surface area contributed by atoms with Gasteiger partial charge < -0.3 is 5.11 Å². The van der Waals surface area contributed by atoms with Gasteiger partial charge in [-0.15, -0.1) is 10.2 Å². The molecular weight excluding hydrogens is 256 g/mol. The van der Waals surface area contributed by atoms with Gasteiger partial charge in [0.15, 0.2) is 11.5 Å². The molecule has 1 aliphatic rings. The van der Waals surface area contributed by atoms with Crippen molar-refractivity contribution in [2.24, 2.45) is 0 Å². The molecule has 1 fully saturated rings. The van der Waals surface area contributed by atoms with E-state index in [9.17, 15) is 4.79 Å². The minimum atomic E-state index is -0.929. The zero-order chi connectivity index (χ0) is 13.9. The molecule has 2 aromatic rings. The van der Waals surface area contributed by atoms with Gasteiger partial charge in [-0.2, -0.15) is 0 Å². The highest BCUT2D eigenvalue weighted by atomic mass is 16.4. The highest BCUT2D eigenvalue weighted by molar-refractivity contribution is 5.87. The van der Waals surface area contributed by atoms with Crippen molar-refractivity contribution in [3.8, 4) is 0 Å². The van der Waals surface area contributed by atoms with Gasteiger partial charge in [-0.25, -0.2) is 4.79 Å². The Morgan fingerprint density at radius 3 is 2.60 bits per heavy atom. The molecule has 1 saturated heterocycles. The van der Waals surface area contributed by atoms with E-state index in [1.54, 1.807) is 22.7 Å². The van der Waals surface area contributed by atoms with Gasteiger partial charge >= 0.3 is 5.97 Å². The third-order valence-electron chi connectivity index (χ3n) is 3.78. The largest absolute Gasteiger partial charge is 0.478 e. The van der Waals surface area contributed by atoms with E-state index in [0.717, 1.165) is 25.5 Å². The monoisotopic (exact) mass is 274 g/mol. The molecular formula is C14H18N4O2. The van der Waals surface area contributed by atoms with Gasteiger partial charge in [-0.05, 0) is 38.1 Å². The van der Waals surface area contributed by atoms with Crippen molar-refractivity contribution in [3.63, 3.8) is 0 Å². The molecule has 0 spiro atoms. The first-order valence-corrected chi connectivity index (χ1v) is 7.03. The Kier molecular flexibility index (Phi) is 3.64. The number of carboxylic acids is 1. The Morgan fingerprint density at radius 2 is 1.90 bits per heavy atom. The lowest BCUT2D eigenvalue weighted by Gasteiger charge is -2.18. The lowest BCUT2D eigenvalue weighted by atomic mass is 10.2. The molecule has 0 saturated carbocycles. The molecule has 2 aromatic heterocycles. The van der Waals surface area contributed by atoms with Crippen LogP contribution < -0.4 is 0 Å². The maximum absolute atomic E-state index is 11.0. The van der Waals surface area contributed by atoms with E-state index in [0.29, 0.717) is 5.65 Å². The molecule has 1 aliphatic heterocycles. The average molecular weight is 274 g/mol. The fraction of sp³-hybridized carbons (Fsp3) is 0.500. The highest BCUT2D eigenvalue weighted by Gasteiger charge is 2.14. The highest BCUT2D eigenvalue weighted by Crippen LogP contribution is 2.14. The molecule has 3 rings (SSSR count). The minimum Gasteiger partial charge on any atom is -0.478 e. The summed E-state index contributed by atoms with van der Waals surface area (Å²) in [6.07, 6.45) is 6.62. The van der Waals surface area contributed by atoms with E-state index in [2.05, 4.69) is 15.1 Å². The molecule has 3 heterocycles. The summed E-state index contributed by atoms with van der Waals surface area (Å²) in [5.41, 5.74) is 0.953. The van der Waals surface area contributed by atoms with Crippen LogP contribution in [0.25, 0.3) is 5.65 Å². The van der Waals surface area contributed by atoms with Gasteiger partial charge in [0.2, 0.25) is 0 Å². The molecule has 0 radical (unpaired) electrons. The lowest BCUT2D eigenvalue weighted by Crippen LogP contribution is -2.25. The van der Waals surface area contributed by atoms with Crippen LogP contribution >= 0.6 is 0 Å². The quantitative estimate of drug-likeness (QED) is 0.924. The normalized spacial score (nSPS) is 17.2. The number of pyridine rings is 1. The molecule has 6 heteroatoms. The number of carbonyl (C=O) groups is 1. The van der Waals surface area contributed by atoms with Crippen LogP contribution in [0.2, 0.25) is 0 Å². The summed E-state index contributed by atoms with van der Waals surface area (Å²) in [7, 11) is 0. The molecule has 0 aromatic carbocycles. The Labute approximate surface area is 117 Å². The predicted octanol–water partition coefficient (Wildman–Crippen LogP) is 1.80. The molecule has 0 amide bonds. The number of aromatic carboxylic acids is 1. The maximum atomic E-state index is 11.0. The molecule has 1 N–H and O–H groups in total. The first-order valence-electron chi connectivity index (χ1n) is 7.03. The van der Waals surface area contributed by atoms with Crippen LogP contribution in [-0.4, -0.2) is 43.7 Å². The Hall–Kier alpha value is -1.95. The molecule has 0 bridgehead atoms. The SMILES string of the molecule is O=C(O)c1ccc2nnc(CN3CCCCCC3)n2c1. The van der Waals surface area contributed by atoms with Crippen molar-refractivity contribution in [1.82, 2.24) is 19.5 Å². The van der Waals surface area contributed by atoms with Gasteiger partial charge in [-0.3, -0.25) is 9.30 Å². The Balaban J connectivity index is 1.86. The van der Waals surface area contributed by atoms with Gasteiger partial charge in [0, 0.05) is 6.20 Å². The van der Waals surface area contributed by atoms with Crippen molar-refractivity contribution >= 4 is 11.6 Å². The average Bonchev–Trinajstić information content (AvgIpc) is 2.66. The molecule has 20 heavy (non-hydrogen) atoms. The number of hydrogen-bond donors (Lipinski definition) is 1. The second-order valence-corrected chi connectivity index (χ2v) is 5.26. The minimum absolute atomic E-state index is 0.259. The first-order chi connectivity index (χ1) is 9.74. The van der Waals surface area contributed by atoms with Crippen molar-refractivity contribution in [1.29, 1.82) is 0 Å². The molecule has 106 valence electrons. The maximum Gasteiger partial charge on any atom is 0.337 e. The summed E-state index contributed by atoms with van der Waals surface area (Å²) in [5, 5.41) is 17.4. The second kappa shape index (κ2) is 5.58. The summed E-state index contributed by atoms with van der Waals surface area (Å²) in [6.45, 7) is 2.88. The van der Waals surface area contributed by atoms with E-state index >= 15 is 0 Å². The number of hydrogen-bond acceptors (Lipinski definition) is 4. The third kappa shape index (κ3) is 2.65. The summed E-state index contributed by atoms with van der Waals surface area (Å²) in [4.78, 5) is 13.4. The number of rotatable bonds is 3. The fourth-order valence-corrected chi connectivity index (χ4v) is 2.67. The van der Waals surface area contributed by atoms with Crippen LogP contribution in [0, 0.1) is 0 Å². The number of nitrogens with zero attached hydrogens (tertiary/aromatic N) is 4. The standard InChI is InChI=1S/C14H18N4O2/c19-14(20)11-5-6-12-15-16-13(18(12)9-11)10-17-7-3-1-2-4-8-17/h5-6,9H,1-4,7-8,10H2,(H,19,20). The smallest absolute Gasteiger partial charge is 0.337 e. The molecule has 6 nitrogen and oxygen atoms in total. The molecule has 0 aliphatic carbocycles. The zero-order valence-electron chi connectivity index (χ0n) is 11.3. The summed E-state index contributed by atoms with van der Waals surface area (Å²) >= 11 is 0.